The van der Waals surface area contributed by atoms with Crippen LogP contribution in [0.1, 0.15) is 46.0 Å². The van der Waals surface area contributed by atoms with Crippen molar-refractivity contribution in [2.45, 2.75) is 58.1 Å². The molecule has 0 aromatic carbocycles. The Morgan fingerprint density at radius 2 is 2.00 bits per heavy atom. The van der Waals surface area contributed by atoms with Gasteiger partial charge in [0, 0.05) is 25.1 Å². The van der Waals surface area contributed by atoms with Crippen molar-refractivity contribution in [3.63, 3.8) is 0 Å². The minimum Gasteiger partial charge on any atom is -0.378 e. The van der Waals surface area contributed by atoms with Crippen molar-refractivity contribution in [1.82, 2.24) is 5.32 Å². The number of halogens is 1. The van der Waals surface area contributed by atoms with E-state index in [1.807, 2.05) is 0 Å². The minimum atomic E-state index is 0. The summed E-state index contributed by atoms with van der Waals surface area (Å²) in [6.45, 7) is 6.03. The lowest BCUT2D eigenvalue weighted by Gasteiger charge is -2.35. The first-order valence-corrected chi connectivity index (χ1v) is 8.72. The van der Waals surface area contributed by atoms with Crippen molar-refractivity contribution in [2.75, 3.05) is 13.2 Å². The molecule has 6 atom stereocenters. The Labute approximate surface area is 140 Å². The average molecular weight is 331 g/mol. The van der Waals surface area contributed by atoms with Crippen molar-refractivity contribution in [3.05, 3.63) is 0 Å². The smallest absolute Gasteiger partial charge is 0.224 e. The number of ether oxygens (including phenoxy) is 1. The Kier molecular flexibility index (Phi) is 6.14. The Morgan fingerprint density at radius 1 is 1.27 bits per heavy atom. The summed E-state index contributed by atoms with van der Waals surface area (Å²) in [5, 5.41) is 3.20. The van der Waals surface area contributed by atoms with Gasteiger partial charge in [-0.3, -0.25) is 4.79 Å². The Hall–Kier alpha value is -0.320. The molecule has 128 valence electrons. The summed E-state index contributed by atoms with van der Waals surface area (Å²) in [4.78, 5) is 12.5. The Balaban J connectivity index is 0.00000176. The summed E-state index contributed by atoms with van der Waals surface area (Å²) in [6, 6.07) is 0.0900. The van der Waals surface area contributed by atoms with E-state index in [0.717, 1.165) is 26.0 Å². The highest BCUT2D eigenvalue weighted by Crippen LogP contribution is 2.47. The quantitative estimate of drug-likeness (QED) is 0.831. The van der Waals surface area contributed by atoms with Crippen molar-refractivity contribution in [1.29, 1.82) is 0 Å². The third-order valence-corrected chi connectivity index (χ3v) is 5.97. The number of hydrogen-bond donors (Lipinski definition) is 2. The van der Waals surface area contributed by atoms with Gasteiger partial charge in [0.2, 0.25) is 5.91 Å². The second kappa shape index (κ2) is 7.50. The zero-order valence-corrected chi connectivity index (χ0v) is 14.6. The fraction of sp³-hybridized carbons (Fsp3) is 0.941. The summed E-state index contributed by atoms with van der Waals surface area (Å²) in [5.41, 5.74) is 6.26. The van der Waals surface area contributed by atoms with E-state index in [4.69, 9.17) is 10.5 Å². The highest BCUT2D eigenvalue weighted by Gasteiger charge is 2.49. The van der Waals surface area contributed by atoms with Gasteiger partial charge in [-0.25, -0.2) is 0 Å². The van der Waals surface area contributed by atoms with Crippen molar-refractivity contribution >= 4 is 18.3 Å². The fourth-order valence-electron chi connectivity index (χ4n) is 4.89. The van der Waals surface area contributed by atoms with Crippen molar-refractivity contribution < 1.29 is 9.53 Å². The summed E-state index contributed by atoms with van der Waals surface area (Å²) in [7, 11) is 0. The van der Waals surface area contributed by atoms with Gasteiger partial charge in [0.05, 0.1) is 12.0 Å². The zero-order valence-electron chi connectivity index (χ0n) is 13.8. The number of hydrogen-bond acceptors (Lipinski definition) is 3. The second-order valence-electron chi connectivity index (χ2n) is 7.66. The van der Waals surface area contributed by atoms with E-state index in [1.165, 1.54) is 19.3 Å². The Morgan fingerprint density at radius 3 is 2.64 bits per heavy atom. The molecule has 4 nitrogen and oxygen atoms in total. The van der Waals surface area contributed by atoms with Gasteiger partial charge in [-0.05, 0) is 49.9 Å². The van der Waals surface area contributed by atoms with Crippen LogP contribution in [0.2, 0.25) is 0 Å². The van der Waals surface area contributed by atoms with Gasteiger partial charge in [-0.15, -0.1) is 12.4 Å². The summed E-state index contributed by atoms with van der Waals surface area (Å²) in [6.07, 6.45) is 6.13. The van der Waals surface area contributed by atoms with Gasteiger partial charge in [0.15, 0.2) is 0 Å². The summed E-state index contributed by atoms with van der Waals surface area (Å²) >= 11 is 0. The molecule has 3 N–H and O–H groups in total. The van der Waals surface area contributed by atoms with Gasteiger partial charge in [0.25, 0.3) is 0 Å². The molecule has 0 spiro atoms. The Bertz CT molecular complexity index is 389. The highest BCUT2D eigenvalue weighted by molar-refractivity contribution is 5.85. The van der Waals surface area contributed by atoms with Crippen LogP contribution in [-0.4, -0.2) is 31.2 Å². The topological polar surface area (TPSA) is 64.3 Å². The number of amides is 1. The molecular formula is C17H31ClN2O2. The summed E-state index contributed by atoms with van der Waals surface area (Å²) < 4.78 is 5.90. The van der Waals surface area contributed by atoms with Gasteiger partial charge in [-0.2, -0.15) is 0 Å². The highest BCUT2D eigenvalue weighted by atomic mass is 35.5. The molecule has 1 aliphatic heterocycles. The van der Waals surface area contributed by atoms with E-state index in [9.17, 15) is 4.79 Å². The molecule has 3 rings (SSSR count). The lowest BCUT2D eigenvalue weighted by Crippen LogP contribution is -2.48. The van der Waals surface area contributed by atoms with Gasteiger partial charge >= 0.3 is 0 Å². The normalized spacial score (nSPS) is 40.5. The molecule has 1 heterocycles. The molecule has 0 aromatic heterocycles. The molecule has 2 aliphatic carbocycles. The number of nitrogens with one attached hydrogen (secondary N) is 1. The molecule has 2 saturated carbocycles. The maximum atomic E-state index is 12.5. The number of nitrogens with two attached hydrogens (primary N) is 1. The molecule has 1 amide bonds. The molecule has 1 saturated heterocycles. The second-order valence-corrected chi connectivity index (χ2v) is 7.66. The number of carbonyl (C=O) groups is 1. The number of fused-ring (bicyclic) bond motifs is 2. The van der Waals surface area contributed by atoms with Crippen LogP contribution in [0.3, 0.4) is 0 Å². The molecule has 0 aromatic rings. The summed E-state index contributed by atoms with van der Waals surface area (Å²) in [5.74, 6) is 2.35. The minimum absolute atomic E-state index is 0. The molecule has 0 radical (unpaired) electrons. The maximum Gasteiger partial charge on any atom is 0.224 e. The molecule has 6 unspecified atom stereocenters. The SMILES string of the molecule is CC(C)C1OCCCC1CNC(=O)C1C2CCC(C2)C1N.Cl. The van der Waals surface area contributed by atoms with Crippen LogP contribution >= 0.6 is 12.4 Å². The number of carbonyl (C=O) groups excluding carboxylic acids is 1. The largest absolute Gasteiger partial charge is 0.378 e. The first kappa shape index (κ1) is 18.0. The molecule has 3 aliphatic rings. The molecule has 22 heavy (non-hydrogen) atoms. The van der Waals surface area contributed by atoms with Crippen LogP contribution in [0, 0.1) is 29.6 Å². The van der Waals surface area contributed by atoms with Crippen molar-refractivity contribution in [3.8, 4) is 0 Å². The van der Waals surface area contributed by atoms with Crippen LogP contribution in [0.15, 0.2) is 0 Å². The van der Waals surface area contributed by atoms with E-state index in [1.54, 1.807) is 0 Å². The van der Waals surface area contributed by atoms with Crippen LogP contribution in [-0.2, 0) is 9.53 Å². The third-order valence-electron chi connectivity index (χ3n) is 5.97. The van der Waals surface area contributed by atoms with Gasteiger partial charge in [0.1, 0.15) is 0 Å². The third kappa shape index (κ3) is 3.44. The van der Waals surface area contributed by atoms with Crippen LogP contribution in [0.25, 0.3) is 0 Å². The maximum absolute atomic E-state index is 12.5. The first-order valence-electron chi connectivity index (χ1n) is 8.72. The average Bonchev–Trinajstić information content (AvgIpc) is 3.05. The fourth-order valence-corrected chi connectivity index (χ4v) is 4.89. The van der Waals surface area contributed by atoms with Gasteiger partial charge in [-0.1, -0.05) is 13.8 Å². The van der Waals surface area contributed by atoms with E-state index in [0.29, 0.717) is 23.7 Å². The van der Waals surface area contributed by atoms with Crippen LogP contribution in [0.5, 0.6) is 0 Å². The molecule has 2 bridgehead atoms. The van der Waals surface area contributed by atoms with Crippen LogP contribution < -0.4 is 11.1 Å². The predicted octanol–water partition coefficient (Wildman–Crippen LogP) is 2.35. The predicted molar refractivity (Wildman–Crippen MR) is 89.9 cm³/mol. The van der Waals surface area contributed by atoms with E-state index in [2.05, 4.69) is 19.2 Å². The van der Waals surface area contributed by atoms with Crippen molar-refractivity contribution in [2.24, 2.45) is 35.3 Å². The van der Waals surface area contributed by atoms with Gasteiger partial charge < -0.3 is 15.8 Å². The zero-order chi connectivity index (χ0) is 15.0. The van der Waals surface area contributed by atoms with E-state index in [-0.39, 0.29) is 36.4 Å². The molecular weight excluding hydrogens is 300 g/mol. The van der Waals surface area contributed by atoms with Crippen LogP contribution in [0.4, 0.5) is 0 Å². The monoisotopic (exact) mass is 330 g/mol. The number of rotatable bonds is 4. The standard InChI is InChI=1S/C17H30N2O2.ClH/c1-10(2)16-13(4-3-7-21-16)9-19-17(20)14-11-5-6-12(8-11)15(14)18;/h10-16H,3-9,18H2,1-2H3,(H,19,20);1H. The lowest BCUT2D eigenvalue weighted by atomic mass is 9.83. The molecule has 5 heteroatoms. The van der Waals surface area contributed by atoms with E-state index >= 15 is 0 Å². The van der Waals surface area contributed by atoms with E-state index < -0.39 is 0 Å². The lowest BCUT2D eigenvalue weighted by molar-refractivity contribution is -0.128. The molecule has 3 fully saturated rings. The first-order chi connectivity index (χ1) is 10.1.